The summed E-state index contributed by atoms with van der Waals surface area (Å²) in [5.74, 6) is -0.124. The smallest absolute Gasteiger partial charge is 0.273 e. The van der Waals surface area contributed by atoms with E-state index in [0.717, 1.165) is 0 Å². The quantitative estimate of drug-likeness (QED) is 0.733. The number of nitrogens with zero attached hydrogens (tertiary/aromatic N) is 2. The van der Waals surface area contributed by atoms with E-state index in [1.165, 1.54) is 18.5 Å². The summed E-state index contributed by atoms with van der Waals surface area (Å²) in [6, 6.07) is 3.01. The number of aromatic nitrogens is 3. The third-order valence-corrected chi connectivity index (χ3v) is 2.19. The highest BCUT2D eigenvalue weighted by molar-refractivity contribution is 6.33. The van der Waals surface area contributed by atoms with Crippen LogP contribution < -0.4 is 11.1 Å². The second kappa shape index (κ2) is 4.19. The summed E-state index contributed by atoms with van der Waals surface area (Å²) in [7, 11) is 0. The molecule has 2 rings (SSSR count). The van der Waals surface area contributed by atoms with Gasteiger partial charge in [-0.25, -0.2) is 0 Å². The second-order valence-electron chi connectivity index (χ2n) is 3.02. The lowest BCUT2D eigenvalue weighted by atomic mass is 10.3. The number of nitrogens with one attached hydrogen (secondary N) is 2. The molecule has 0 saturated heterocycles. The summed E-state index contributed by atoms with van der Waals surface area (Å²) >= 11 is 5.86. The summed E-state index contributed by atoms with van der Waals surface area (Å²) in [6.45, 7) is 0. The van der Waals surface area contributed by atoms with Gasteiger partial charge in [-0.3, -0.25) is 14.9 Å². The van der Waals surface area contributed by atoms with Gasteiger partial charge < -0.3 is 11.1 Å². The zero-order chi connectivity index (χ0) is 11.5. The molecular formula is C9H8ClN5O. The van der Waals surface area contributed by atoms with Crippen LogP contribution in [0.3, 0.4) is 0 Å². The van der Waals surface area contributed by atoms with E-state index in [0.29, 0.717) is 10.7 Å². The predicted molar refractivity (Wildman–Crippen MR) is 60.2 cm³/mol. The lowest BCUT2D eigenvalue weighted by Gasteiger charge is -2.03. The highest BCUT2D eigenvalue weighted by Gasteiger charge is 2.10. The first-order valence-electron chi connectivity index (χ1n) is 4.38. The van der Waals surface area contributed by atoms with Crippen LogP contribution in [0.5, 0.6) is 0 Å². The molecule has 0 bridgehead atoms. The van der Waals surface area contributed by atoms with Crippen LogP contribution in [0.15, 0.2) is 24.5 Å². The Morgan fingerprint density at radius 3 is 3.00 bits per heavy atom. The van der Waals surface area contributed by atoms with Crippen molar-refractivity contribution in [3.63, 3.8) is 0 Å². The molecule has 0 radical (unpaired) electrons. The number of amides is 1. The van der Waals surface area contributed by atoms with Crippen LogP contribution in [0.1, 0.15) is 10.5 Å². The van der Waals surface area contributed by atoms with Gasteiger partial charge in [0.2, 0.25) is 0 Å². The van der Waals surface area contributed by atoms with Gasteiger partial charge in [0.1, 0.15) is 11.5 Å². The third-order valence-electron chi connectivity index (χ3n) is 1.86. The SMILES string of the molecule is Nc1cc(C(=O)Nc2cnccc2Cl)[nH]n1. The van der Waals surface area contributed by atoms with E-state index in [2.05, 4.69) is 20.5 Å². The number of carbonyl (C=O) groups is 1. The van der Waals surface area contributed by atoms with E-state index in [-0.39, 0.29) is 17.4 Å². The number of aromatic amines is 1. The van der Waals surface area contributed by atoms with E-state index >= 15 is 0 Å². The number of halogens is 1. The minimum atomic E-state index is -0.376. The van der Waals surface area contributed by atoms with Crippen LogP contribution in [0.2, 0.25) is 5.02 Å². The van der Waals surface area contributed by atoms with E-state index in [4.69, 9.17) is 17.3 Å². The van der Waals surface area contributed by atoms with Gasteiger partial charge in [0.15, 0.2) is 0 Å². The average molecular weight is 238 g/mol. The standard InChI is InChI=1S/C9H8ClN5O/c10-5-1-2-12-4-7(5)13-9(16)6-3-8(11)15-14-6/h1-4H,(H,13,16)(H3,11,14,15). The Morgan fingerprint density at radius 1 is 1.56 bits per heavy atom. The van der Waals surface area contributed by atoms with Crippen molar-refractivity contribution < 1.29 is 4.79 Å². The van der Waals surface area contributed by atoms with Crippen LogP contribution in [0, 0.1) is 0 Å². The number of hydrogen-bond donors (Lipinski definition) is 3. The molecule has 2 aromatic rings. The van der Waals surface area contributed by atoms with Crippen molar-refractivity contribution >= 4 is 29.0 Å². The van der Waals surface area contributed by atoms with E-state index in [9.17, 15) is 4.79 Å². The molecule has 7 heteroatoms. The highest BCUT2D eigenvalue weighted by atomic mass is 35.5. The lowest BCUT2D eigenvalue weighted by molar-refractivity contribution is 0.102. The largest absolute Gasteiger partial charge is 0.382 e. The molecule has 16 heavy (non-hydrogen) atoms. The molecule has 0 atom stereocenters. The average Bonchev–Trinajstić information content (AvgIpc) is 2.68. The minimum absolute atomic E-state index is 0.252. The molecule has 0 fully saturated rings. The number of nitrogens with two attached hydrogens (primary N) is 1. The summed E-state index contributed by atoms with van der Waals surface area (Å²) < 4.78 is 0. The van der Waals surface area contributed by atoms with Gasteiger partial charge in [0.05, 0.1) is 16.9 Å². The summed E-state index contributed by atoms with van der Waals surface area (Å²) in [6.07, 6.45) is 2.99. The fraction of sp³-hybridized carbons (Fsp3) is 0. The van der Waals surface area contributed by atoms with Crippen molar-refractivity contribution in [1.29, 1.82) is 0 Å². The van der Waals surface area contributed by atoms with Crippen molar-refractivity contribution in [3.8, 4) is 0 Å². The molecule has 0 unspecified atom stereocenters. The van der Waals surface area contributed by atoms with Crippen LogP contribution >= 0.6 is 11.6 Å². The number of anilines is 2. The number of carbonyl (C=O) groups excluding carboxylic acids is 1. The Morgan fingerprint density at radius 2 is 2.38 bits per heavy atom. The Balaban J connectivity index is 2.17. The second-order valence-corrected chi connectivity index (χ2v) is 3.42. The highest BCUT2D eigenvalue weighted by Crippen LogP contribution is 2.19. The fourth-order valence-corrected chi connectivity index (χ4v) is 1.27. The van der Waals surface area contributed by atoms with Gasteiger partial charge in [-0.05, 0) is 6.07 Å². The molecule has 82 valence electrons. The Labute approximate surface area is 95.8 Å². The van der Waals surface area contributed by atoms with Crippen molar-refractivity contribution in [2.24, 2.45) is 0 Å². The molecule has 2 heterocycles. The number of pyridine rings is 1. The normalized spacial score (nSPS) is 10.1. The first kappa shape index (κ1) is 10.4. The molecule has 0 saturated carbocycles. The summed E-state index contributed by atoms with van der Waals surface area (Å²) in [5.41, 5.74) is 6.07. The molecule has 0 aromatic carbocycles. The lowest BCUT2D eigenvalue weighted by Crippen LogP contribution is -2.12. The summed E-state index contributed by atoms with van der Waals surface area (Å²) in [4.78, 5) is 15.5. The molecule has 0 aliphatic rings. The predicted octanol–water partition coefficient (Wildman–Crippen LogP) is 1.29. The number of hydrogen-bond acceptors (Lipinski definition) is 4. The van der Waals surface area contributed by atoms with E-state index < -0.39 is 0 Å². The molecule has 2 aromatic heterocycles. The Bertz CT molecular complexity index is 524. The van der Waals surface area contributed by atoms with Gasteiger partial charge in [0.25, 0.3) is 5.91 Å². The van der Waals surface area contributed by atoms with Crippen LogP contribution in [0.25, 0.3) is 0 Å². The van der Waals surface area contributed by atoms with Crippen LogP contribution in [-0.4, -0.2) is 21.1 Å². The van der Waals surface area contributed by atoms with Crippen molar-refractivity contribution in [3.05, 3.63) is 35.2 Å². The van der Waals surface area contributed by atoms with Gasteiger partial charge in [-0.1, -0.05) is 11.6 Å². The molecule has 0 aliphatic carbocycles. The zero-order valence-corrected chi connectivity index (χ0v) is 8.82. The number of nitrogen functional groups attached to an aromatic ring is 1. The van der Waals surface area contributed by atoms with E-state index in [1.54, 1.807) is 6.07 Å². The molecular weight excluding hydrogens is 230 g/mol. The Hall–Kier alpha value is -2.08. The fourth-order valence-electron chi connectivity index (χ4n) is 1.11. The first-order valence-corrected chi connectivity index (χ1v) is 4.76. The zero-order valence-electron chi connectivity index (χ0n) is 8.07. The molecule has 0 spiro atoms. The number of rotatable bonds is 2. The van der Waals surface area contributed by atoms with Gasteiger partial charge >= 0.3 is 0 Å². The third kappa shape index (κ3) is 2.12. The monoisotopic (exact) mass is 237 g/mol. The van der Waals surface area contributed by atoms with Crippen molar-refractivity contribution in [1.82, 2.24) is 15.2 Å². The van der Waals surface area contributed by atoms with E-state index in [1.807, 2.05) is 0 Å². The van der Waals surface area contributed by atoms with Gasteiger partial charge in [-0.15, -0.1) is 0 Å². The van der Waals surface area contributed by atoms with Crippen molar-refractivity contribution in [2.45, 2.75) is 0 Å². The van der Waals surface area contributed by atoms with Gasteiger partial charge in [0, 0.05) is 12.3 Å². The first-order chi connectivity index (χ1) is 7.66. The molecule has 4 N–H and O–H groups in total. The maximum absolute atomic E-state index is 11.7. The number of H-pyrrole nitrogens is 1. The maximum atomic E-state index is 11.7. The molecule has 1 amide bonds. The summed E-state index contributed by atoms with van der Waals surface area (Å²) in [5, 5.41) is 9.13. The van der Waals surface area contributed by atoms with Crippen LogP contribution in [-0.2, 0) is 0 Å². The topological polar surface area (TPSA) is 96.7 Å². The minimum Gasteiger partial charge on any atom is -0.382 e. The van der Waals surface area contributed by atoms with Crippen molar-refractivity contribution in [2.75, 3.05) is 11.1 Å². The maximum Gasteiger partial charge on any atom is 0.273 e. The Kier molecular flexibility index (Phi) is 2.74. The van der Waals surface area contributed by atoms with Gasteiger partial charge in [-0.2, -0.15) is 5.10 Å². The molecule has 6 nitrogen and oxygen atoms in total. The van der Waals surface area contributed by atoms with Crippen LogP contribution in [0.4, 0.5) is 11.5 Å². The molecule has 0 aliphatic heterocycles.